The molecule has 1 atom stereocenters. The average molecular weight is 398 g/mol. The van der Waals surface area contributed by atoms with E-state index in [9.17, 15) is 10.1 Å². The molecule has 7 nitrogen and oxygen atoms in total. The summed E-state index contributed by atoms with van der Waals surface area (Å²) in [5, 5.41) is 16.0. The van der Waals surface area contributed by atoms with Crippen LogP contribution >= 0.6 is 0 Å². The molecule has 0 saturated heterocycles. The summed E-state index contributed by atoms with van der Waals surface area (Å²) in [7, 11) is 0. The van der Waals surface area contributed by atoms with Gasteiger partial charge in [0.25, 0.3) is 5.69 Å². The van der Waals surface area contributed by atoms with E-state index < -0.39 is 0 Å². The van der Waals surface area contributed by atoms with Crippen LogP contribution in [0.15, 0.2) is 82.4 Å². The predicted octanol–water partition coefficient (Wildman–Crippen LogP) is 5.47. The number of fused-ring (bicyclic) bond motifs is 1. The maximum absolute atomic E-state index is 11.3. The summed E-state index contributed by atoms with van der Waals surface area (Å²) in [6, 6.07) is 20.2. The standard InChI is InChI=1S/C23H18N4O3/c1-15-22(16-7-3-2-4-8-16)23-24-19(17-9-5-10-18(13-17)27(28)29)14-20(26(23)25-15)21-11-6-12-30-21/h2-13,20H,14H2,1H3. The van der Waals surface area contributed by atoms with Gasteiger partial charge in [0.1, 0.15) is 11.8 Å². The summed E-state index contributed by atoms with van der Waals surface area (Å²) in [5.74, 6) is 1.50. The molecular weight excluding hydrogens is 380 g/mol. The number of rotatable bonds is 4. The normalized spacial score (nSPS) is 15.5. The number of aliphatic imine (C=N–C) groups is 1. The molecule has 5 rings (SSSR count). The van der Waals surface area contributed by atoms with E-state index >= 15 is 0 Å². The van der Waals surface area contributed by atoms with Crippen molar-refractivity contribution in [2.45, 2.75) is 19.4 Å². The van der Waals surface area contributed by atoms with E-state index in [1.54, 1.807) is 18.4 Å². The molecule has 1 aliphatic rings. The minimum absolute atomic E-state index is 0.0447. The van der Waals surface area contributed by atoms with Crippen molar-refractivity contribution in [3.05, 3.63) is 100 Å². The van der Waals surface area contributed by atoms with Crippen molar-refractivity contribution in [1.82, 2.24) is 9.78 Å². The molecule has 7 heteroatoms. The van der Waals surface area contributed by atoms with Crippen LogP contribution in [-0.2, 0) is 0 Å². The van der Waals surface area contributed by atoms with E-state index in [2.05, 4.69) is 0 Å². The largest absolute Gasteiger partial charge is 0.467 e. The lowest BCUT2D eigenvalue weighted by molar-refractivity contribution is -0.384. The summed E-state index contributed by atoms with van der Waals surface area (Å²) < 4.78 is 7.61. The van der Waals surface area contributed by atoms with Gasteiger partial charge in [0.05, 0.1) is 22.6 Å². The maximum atomic E-state index is 11.3. The minimum Gasteiger partial charge on any atom is -0.467 e. The highest BCUT2D eigenvalue weighted by molar-refractivity contribution is 6.04. The third-order valence-electron chi connectivity index (χ3n) is 5.31. The van der Waals surface area contributed by atoms with Gasteiger partial charge in [-0.1, -0.05) is 42.5 Å². The second-order valence-corrected chi connectivity index (χ2v) is 7.20. The van der Waals surface area contributed by atoms with Gasteiger partial charge in [-0.15, -0.1) is 0 Å². The van der Waals surface area contributed by atoms with E-state index in [4.69, 9.17) is 14.5 Å². The Morgan fingerprint density at radius 2 is 1.87 bits per heavy atom. The number of nitro benzene ring substituents is 1. The number of nitro groups is 1. The molecular formula is C23H18N4O3. The van der Waals surface area contributed by atoms with E-state index in [1.807, 2.05) is 60.1 Å². The third-order valence-corrected chi connectivity index (χ3v) is 5.31. The van der Waals surface area contributed by atoms with Crippen LogP contribution in [0.1, 0.15) is 29.5 Å². The van der Waals surface area contributed by atoms with Crippen molar-refractivity contribution in [2.75, 3.05) is 0 Å². The van der Waals surface area contributed by atoms with Crippen LogP contribution < -0.4 is 0 Å². The number of non-ortho nitro benzene ring substituents is 1. The summed E-state index contributed by atoms with van der Waals surface area (Å²) >= 11 is 0. The Balaban J connectivity index is 1.72. The van der Waals surface area contributed by atoms with E-state index in [1.165, 1.54) is 6.07 Å². The zero-order valence-corrected chi connectivity index (χ0v) is 16.2. The first-order valence-corrected chi connectivity index (χ1v) is 9.62. The Morgan fingerprint density at radius 3 is 2.60 bits per heavy atom. The predicted molar refractivity (Wildman–Crippen MR) is 113 cm³/mol. The number of benzene rings is 2. The molecule has 0 radical (unpaired) electrons. The summed E-state index contributed by atoms with van der Waals surface area (Å²) in [4.78, 5) is 15.8. The van der Waals surface area contributed by atoms with E-state index in [-0.39, 0.29) is 16.7 Å². The number of aromatic nitrogens is 2. The fourth-order valence-corrected chi connectivity index (χ4v) is 3.93. The van der Waals surface area contributed by atoms with Gasteiger partial charge < -0.3 is 4.42 Å². The molecule has 0 fully saturated rings. The minimum atomic E-state index is -0.388. The average Bonchev–Trinajstić information content (AvgIpc) is 3.41. The highest BCUT2D eigenvalue weighted by Crippen LogP contribution is 2.41. The van der Waals surface area contributed by atoms with Gasteiger partial charge in [-0.2, -0.15) is 5.10 Å². The van der Waals surface area contributed by atoms with Crippen LogP contribution in [-0.4, -0.2) is 20.4 Å². The molecule has 3 heterocycles. The van der Waals surface area contributed by atoms with Crippen molar-refractivity contribution < 1.29 is 9.34 Å². The van der Waals surface area contributed by atoms with Gasteiger partial charge in [-0.3, -0.25) is 10.1 Å². The molecule has 1 aliphatic heterocycles. The van der Waals surface area contributed by atoms with Crippen LogP contribution in [0, 0.1) is 17.0 Å². The lowest BCUT2D eigenvalue weighted by Gasteiger charge is -2.23. The number of hydrogen-bond donors (Lipinski definition) is 0. The smallest absolute Gasteiger partial charge is 0.270 e. The van der Waals surface area contributed by atoms with Crippen molar-refractivity contribution in [3.63, 3.8) is 0 Å². The molecule has 0 N–H and O–H groups in total. The molecule has 1 unspecified atom stereocenters. The summed E-state index contributed by atoms with van der Waals surface area (Å²) in [6.07, 6.45) is 2.17. The number of aryl methyl sites for hydroxylation is 1. The van der Waals surface area contributed by atoms with Crippen LogP contribution in [0.3, 0.4) is 0 Å². The third kappa shape index (κ3) is 3.00. The highest BCUT2D eigenvalue weighted by atomic mass is 16.6. The summed E-state index contributed by atoms with van der Waals surface area (Å²) in [5.41, 5.74) is 4.39. The van der Waals surface area contributed by atoms with Crippen molar-refractivity contribution in [2.24, 2.45) is 4.99 Å². The first-order valence-electron chi connectivity index (χ1n) is 9.62. The lowest BCUT2D eigenvalue weighted by Crippen LogP contribution is -2.21. The van der Waals surface area contributed by atoms with Crippen molar-refractivity contribution >= 4 is 17.2 Å². The lowest BCUT2D eigenvalue weighted by atomic mass is 9.98. The Kier molecular flexibility index (Phi) is 4.28. The van der Waals surface area contributed by atoms with Gasteiger partial charge in [-0.25, -0.2) is 9.67 Å². The Labute approximate surface area is 172 Å². The fraction of sp³-hybridized carbons (Fsp3) is 0.130. The van der Waals surface area contributed by atoms with Crippen molar-refractivity contribution in [3.8, 4) is 11.1 Å². The SMILES string of the molecule is Cc1nn2c(c1-c1ccccc1)N=C(c1cccc([N+](=O)[O-])c1)CC2c1ccco1. The molecule has 0 spiro atoms. The highest BCUT2D eigenvalue weighted by Gasteiger charge is 2.31. The quantitative estimate of drug-likeness (QED) is 0.337. The Hall–Kier alpha value is -4.00. The zero-order chi connectivity index (χ0) is 20.7. The maximum Gasteiger partial charge on any atom is 0.270 e. The molecule has 148 valence electrons. The number of nitrogens with zero attached hydrogens (tertiary/aromatic N) is 4. The molecule has 0 aliphatic carbocycles. The van der Waals surface area contributed by atoms with Gasteiger partial charge in [0, 0.05) is 29.7 Å². The molecule has 4 aromatic rings. The Bertz CT molecular complexity index is 1260. The van der Waals surface area contributed by atoms with Crippen LogP contribution in [0.2, 0.25) is 0 Å². The molecule has 0 saturated carbocycles. The van der Waals surface area contributed by atoms with Gasteiger partial charge in [-0.05, 0) is 24.6 Å². The topological polar surface area (TPSA) is 86.5 Å². The monoisotopic (exact) mass is 398 g/mol. The second-order valence-electron chi connectivity index (χ2n) is 7.20. The first-order chi connectivity index (χ1) is 14.6. The molecule has 2 aromatic carbocycles. The van der Waals surface area contributed by atoms with Gasteiger partial charge in [0.2, 0.25) is 0 Å². The first kappa shape index (κ1) is 18.1. The van der Waals surface area contributed by atoms with Gasteiger partial charge >= 0.3 is 0 Å². The van der Waals surface area contributed by atoms with Crippen LogP contribution in [0.5, 0.6) is 0 Å². The zero-order valence-electron chi connectivity index (χ0n) is 16.2. The summed E-state index contributed by atoms with van der Waals surface area (Å²) in [6.45, 7) is 1.97. The molecule has 2 aromatic heterocycles. The van der Waals surface area contributed by atoms with Gasteiger partial charge in [0.15, 0.2) is 5.82 Å². The number of furan rings is 1. The fourth-order valence-electron chi connectivity index (χ4n) is 3.93. The van der Waals surface area contributed by atoms with E-state index in [0.29, 0.717) is 6.42 Å². The molecule has 0 bridgehead atoms. The molecule has 30 heavy (non-hydrogen) atoms. The van der Waals surface area contributed by atoms with E-state index in [0.717, 1.165) is 39.7 Å². The van der Waals surface area contributed by atoms with Crippen LogP contribution in [0.4, 0.5) is 11.5 Å². The number of hydrogen-bond acceptors (Lipinski definition) is 5. The molecule has 0 amide bonds. The second kappa shape index (κ2) is 7.11. The van der Waals surface area contributed by atoms with Crippen molar-refractivity contribution in [1.29, 1.82) is 0 Å². The van der Waals surface area contributed by atoms with Crippen LogP contribution in [0.25, 0.3) is 11.1 Å². The Morgan fingerprint density at radius 1 is 1.07 bits per heavy atom.